The fraction of sp³-hybridized carbons (Fsp3) is 0.644. The van der Waals surface area contributed by atoms with Crippen LogP contribution < -0.4 is 0 Å². The lowest BCUT2D eigenvalue weighted by Gasteiger charge is -2.17. The van der Waals surface area contributed by atoms with E-state index in [2.05, 4.69) is 63.2 Å². The standard InChI is InChI=1S/C18H13F.C17H36.C10H21Cl3Si/c19-18-7-3-6-14-16-9-8-12-4-1-2-5-13(12)15(16)10-11-17(14)18;1-3-5-7-9-11-13-15-17-16-14-12-10-8-6-4-2;1-2-3-4-5-6-7-8-9-10-14(11,12)13/h1-6,8-11,18H,7H2;3-17H2,1-2H3;2-10H2,1H3. The van der Waals surface area contributed by atoms with Gasteiger partial charge in [-0.1, -0.05) is 229 Å². The number of halogens is 4. The highest BCUT2D eigenvalue weighted by Crippen LogP contribution is 2.37. The normalized spacial score (nSPS) is 13.9. The summed E-state index contributed by atoms with van der Waals surface area (Å²) in [6.07, 6.45) is 36.0. The van der Waals surface area contributed by atoms with Gasteiger partial charge < -0.3 is 0 Å². The summed E-state index contributed by atoms with van der Waals surface area (Å²) in [7, 11) is 0. The molecular weight excluding hydrogens is 694 g/mol. The third-order valence-corrected chi connectivity index (χ3v) is 12.6. The SMILES string of the molecule is CCCCCCCCCCCCCCCCC.CCCCCCCCCC[Si](Cl)(Cl)Cl.FC1CC=Cc2c1ccc1c2ccc2ccccc21. The number of benzene rings is 3. The summed E-state index contributed by atoms with van der Waals surface area (Å²) in [5, 5.41) is 4.81. The summed E-state index contributed by atoms with van der Waals surface area (Å²) >= 11 is 17.4. The molecule has 1 aliphatic carbocycles. The van der Waals surface area contributed by atoms with E-state index in [1.165, 1.54) is 157 Å². The predicted octanol–water partition coefficient (Wildman–Crippen LogP) is 18.1. The molecule has 0 bridgehead atoms. The highest BCUT2D eigenvalue weighted by atomic mass is 35.8. The van der Waals surface area contributed by atoms with E-state index in [9.17, 15) is 4.39 Å². The van der Waals surface area contributed by atoms with Crippen LogP contribution in [0.2, 0.25) is 6.04 Å². The van der Waals surface area contributed by atoms with Crippen LogP contribution in [0, 0.1) is 0 Å². The van der Waals surface area contributed by atoms with Crippen molar-refractivity contribution in [2.45, 2.75) is 187 Å². The van der Waals surface area contributed by atoms with Gasteiger partial charge in [0.1, 0.15) is 6.17 Å². The summed E-state index contributed by atoms with van der Waals surface area (Å²) in [6.45, 7) is 6.83. The van der Waals surface area contributed by atoms with E-state index >= 15 is 0 Å². The molecule has 0 radical (unpaired) electrons. The van der Waals surface area contributed by atoms with Crippen LogP contribution in [0.4, 0.5) is 4.39 Å². The number of hydrogen-bond donors (Lipinski definition) is 0. The van der Waals surface area contributed by atoms with Crippen LogP contribution in [-0.4, -0.2) is 6.00 Å². The van der Waals surface area contributed by atoms with Crippen LogP contribution in [0.25, 0.3) is 27.6 Å². The van der Waals surface area contributed by atoms with Gasteiger partial charge in [0.25, 0.3) is 0 Å². The Morgan fingerprint density at radius 3 is 1.44 bits per heavy atom. The monoisotopic (exact) mass is 762 g/mol. The first kappa shape index (κ1) is 45.1. The summed E-state index contributed by atoms with van der Waals surface area (Å²) in [5.74, 6) is 0. The first-order valence-electron chi connectivity index (χ1n) is 20.6. The molecule has 0 nitrogen and oxygen atoms in total. The second-order valence-corrected chi connectivity index (χ2v) is 23.8. The third-order valence-electron chi connectivity index (χ3n) is 9.99. The van der Waals surface area contributed by atoms with Gasteiger partial charge in [0, 0.05) is 6.42 Å². The number of rotatable bonds is 23. The zero-order valence-corrected chi connectivity index (χ0v) is 35.3. The van der Waals surface area contributed by atoms with Crippen molar-refractivity contribution in [1.82, 2.24) is 0 Å². The second-order valence-electron chi connectivity index (χ2n) is 14.5. The Bertz CT molecular complexity index is 1290. The molecule has 282 valence electrons. The average Bonchev–Trinajstić information content (AvgIpc) is 3.11. The van der Waals surface area contributed by atoms with E-state index < -0.39 is 12.2 Å². The number of alkyl halides is 1. The van der Waals surface area contributed by atoms with Crippen LogP contribution in [-0.2, 0) is 0 Å². The molecule has 0 spiro atoms. The summed E-state index contributed by atoms with van der Waals surface area (Å²) < 4.78 is 14.0. The van der Waals surface area contributed by atoms with Crippen molar-refractivity contribution in [2.24, 2.45) is 0 Å². The molecule has 0 aromatic heterocycles. The van der Waals surface area contributed by atoms with Crippen molar-refractivity contribution in [3.8, 4) is 0 Å². The molecular formula is C45H70Cl3FSi. The van der Waals surface area contributed by atoms with Gasteiger partial charge in [-0.3, -0.25) is 0 Å². The van der Waals surface area contributed by atoms with E-state index in [0.717, 1.165) is 29.0 Å². The Morgan fingerprint density at radius 1 is 0.520 bits per heavy atom. The number of unbranched alkanes of at least 4 members (excludes halogenated alkanes) is 21. The van der Waals surface area contributed by atoms with Crippen molar-refractivity contribution in [3.63, 3.8) is 0 Å². The van der Waals surface area contributed by atoms with Crippen LogP contribution in [0.3, 0.4) is 0 Å². The van der Waals surface area contributed by atoms with Crippen LogP contribution >= 0.6 is 33.2 Å². The van der Waals surface area contributed by atoms with Crippen LogP contribution in [0.5, 0.6) is 0 Å². The maximum absolute atomic E-state index is 14.0. The van der Waals surface area contributed by atoms with E-state index in [1.807, 2.05) is 18.2 Å². The van der Waals surface area contributed by atoms with E-state index in [-0.39, 0.29) is 0 Å². The van der Waals surface area contributed by atoms with Crippen molar-refractivity contribution in [3.05, 3.63) is 65.7 Å². The van der Waals surface area contributed by atoms with Gasteiger partial charge >= 0.3 is 6.00 Å². The molecule has 0 N–H and O–H groups in total. The zero-order valence-electron chi connectivity index (χ0n) is 32.0. The second kappa shape index (κ2) is 28.4. The Kier molecular flexibility index (Phi) is 25.7. The molecule has 1 unspecified atom stereocenters. The largest absolute Gasteiger partial charge is 0.341 e. The number of hydrogen-bond acceptors (Lipinski definition) is 0. The molecule has 1 aliphatic rings. The lowest BCUT2D eigenvalue weighted by molar-refractivity contribution is 0.345. The van der Waals surface area contributed by atoms with E-state index in [4.69, 9.17) is 33.2 Å². The lowest BCUT2D eigenvalue weighted by Crippen LogP contribution is -2.07. The summed E-state index contributed by atoms with van der Waals surface area (Å²) in [4.78, 5) is 0. The Morgan fingerprint density at radius 2 is 0.960 bits per heavy atom. The van der Waals surface area contributed by atoms with Gasteiger partial charge in [-0.25, -0.2) is 4.39 Å². The van der Waals surface area contributed by atoms with Gasteiger partial charge in [0.2, 0.25) is 0 Å². The Balaban J connectivity index is 0.000000264. The fourth-order valence-corrected chi connectivity index (χ4v) is 8.78. The average molecular weight is 764 g/mol. The molecule has 1 atom stereocenters. The topological polar surface area (TPSA) is 0 Å². The van der Waals surface area contributed by atoms with Gasteiger partial charge in [0.05, 0.1) is 0 Å². The van der Waals surface area contributed by atoms with Crippen molar-refractivity contribution in [1.29, 1.82) is 0 Å². The Labute approximate surface area is 322 Å². The minimum atomic E-state index is -2.32. The summed E-state index contributed by atoms with van der Waals surface area (Å²) in [5.41, 5.74) is 1.87. The molecule has 5 heteroatoms. The molecule has 0 saturated carbocycles. The lowest BCUT2D eigenvalue weighted by atomic mass is 9.89. The van der Waals surface area contributed by atoms with E-state index in [1.54, 1.807) is 0 Å². The molecule has 0 aliphatic heterocycles. The molecule has 50 heavy (non-hydrogen) atoms. The zero-order chi connectivity index (χ0) is 36.3. The minimum Gasteiger partial charge on any atom is -0.242 e. The highest BCUT2D eigenvalue weighted by molar-refractivity contribution is 7.64. The minimum absolute atomic E-state index is 0.492. The number of fused-ring (bicyclic) bond motifs is 5. The Hall–Kier alpha value is -1.06. The first-order valence-corrected chi connectivity index (χ1v) is 25.9. The quantitative estimate of drug-likeness (QED) is 0.0390. The molecule has 0 heterocycles. The molecule has 4 rings (SSSR count). The van der Waals surface area contributed by atoms with Crippen LogP contribution in [0.15, 0.2) is 54.6 Å². The highest BCUT2D eigenvalue weighted by Gasteiger charge is 2.23. The van der Waals surface area contributed by atoms with Gasteiger partial charge in [0.15, 0.2) is 0 Å². The third kappa shape index (κ3) is 19.7. The maximum Gasteiger partial charge on any atom is 0.341 e. The molecule has 0 amide bonds. The fourth-order valence-electron chi connectivity index (χ4n) is 6.92. The van der Waals surface area contributed by atoms with Crippen molar-refractivity contribution >= 4 is 66.9 Å². The maximum atomic E-state index is 14.0. The molecule has 0 fully saturated rings. The first-order chi connectivity index (χ1) is 24.3. The van der Waals surface area contributed by atoms with Gasteiger partial charge in [-0.05, 0) is 38.7 Å². The predicted molar refractivity (Wildman–Crippen MR) is 230 cm³/mol. The molecule has 3 aromatic rings. The van der Waals surface area contributed by atoms with Gasteiger partial charge in [-0.15, -0.1) is 33.2 Å². The van der Waals surface area contributed by atoms with Gasteiger partial charge in [-0.2, -0.15) is 0 Å². The van der Waals surface area contributed by atoms with Crippen molar-refractivity contribution < 1.29 is 4.39 Å². The van der Waals surface area contributed by atoms with Crippen molar-refractivity contribution in [2.75, 3.05) is 0 Å². The van der Waals surface area contributed by atoms with Crippen LogP contribution in [0.1, 0.15) is 192 Å². The number of allylic oxidation sites excluding steroid dienone is 1. The molecule has 0 saturated heterocycles. The smallest absolute Gasteiger partial charge is 0.242 e. The summed E-state index contributed by atoms with van der Waals surface area (Å²) in [6, 6.07) is 15.1. The van der Waals surface area contributed by atoms with E-state index in [0.29, 0.717) is 6.42 Å². The molecule has 3 aromatic carbocycles.